The summed E-state index contributed by atoms with van der Waals surface area (Å²) in [5.41, 5.74) is 1.21. The van der Waals surface area contributed by atoms with Gasteiger partial charge < -0.3 is 0 Å². The smallest absolute Gasteiger partial charge is 0.0674 e. The van der Waals surface area contributed by atoms with Crippen molar-refractivity contribution in [2.45, 2.75) is 18.2 Å². The molecule has 0 radical (unpaired) electrons. The second-order valence-electron chi connectivity index (χ2n) is 3.00. The molecule has 1 rings (SSSR count). The highest BCUT2D eigenvalue weighted by Gasteiger charge is 2.21. The van der Waals surface area contributed by atoms with Crippen LogP contribution in [0.1, 0.15) is 18.9 Å². The number of alkyl halides is 2. The molecule has 12 heavy (non-hydrogen) atoms. The first-order valence-electron chi connectivity index (χ1n) is 3.97. The largest absolute Gasteiger partial charge is 0.114 e. The Morgan fingerprint density at radius 2 is 1.92 bits per heavy atom. The summed E-state index contributed by atoms with van der Waals surface area (Å²) in [5.74, 6) is 0. The van der Waals surface area contributed by atoms with Gasteiger partial charge in [-0.05, 0) is 18.9 Å². The summed E-state index contributed by atoms with van der Waals surface area (Å²) in [5, 5.41) is 0. The van der Waals surface area contributed by atoms with Gasteiger partial charge in [0.2, 0.25) is 0 Å². The lowest BCUT2D eigenvalue weighted by atomic mass is 9.98. The highest BCUT2D eigenvalue weighted by atomic mass is 127. The monoisotopic (exact) mass is 294 g/mol. The second kappa shape index (κ2) is 4.47. The summed E-state index contributed by atoms with van der Waals surface area (Å²) in [4.78, 5) is -0.192. The van der Waals surface area contributed by atoms with E-state index in [1.54, 1.807) is 0 Å². The van der Waals surface area contributed by atoms with Crippen molar-refractivity contribution in [2.24, 2.45) is 0 Å². The third-order valence-corrected chi connectivity index (χ3v) is 2.89. The quantitative estimate of drug-likeness (QED) is 0.584. The zero-order valence-corrected chi connectivity index (χ0v) is 9.97. The van der Waals surface area contributed by atoms with E-state index in [0.717, 1.165) is 10.8 Å². The van der Waals surface area contributed by atoms with Crippen LogP contribution in [0.15, 0.2) is 30.3 Å². The Morgan fingerprint density at radius 3 is 2.42 bits per heavy atom. The molecule has 66 valence electrons. The molecule has 0 N–H and O–H groups in total. The number of benzene rings is 1. The summed E-state index contributed by atoms with van der Waals surface area (Å²) in [7, 11) is 0. The summed E-state index contributed by atoms with van der Waals surface area (Å²) < 4.78 is 1.09. The van der Waals surface area contributed by atoms with E-state index in [1.165, 1.54) is 5.56 Å². The standard InChI is InChI=1S/C10H12ClI/c1-10(11,7-8-12)9-5-3-2-4-6-9/h2-6H,7-8H2,1H3. The molecule has 0 aliphatic heterocycles. The van der Waals surface area contributed by atoms with Crippen LogP contribution in [0.3, 0.4) is 0 Å². The molecule has 0 nitrogen and oxygen atoms in total. The Balaban J connectivity index is 2.82. The molecule has 1 aromatic carbocycles. The summed E-state index contributed by atoms with van der Waals surface area (Å²) in [6, 6.07) is 10.2. The van der Waals surface area contributed by atoms with Gasteiger partial charge in [-0.2, -0.15) is 0 Å². The molecular weight excluding hydrogens is 282 g/mol. The molecule has 0 aliphatic rings. The van der Waals surface area contributed by atoms with E-state index in [4.69, 9.17) is 11.6 Å². The Kier molecular flexibility index (Phi) is 3.84. The number of halogens is 2. The lowest BCUT2D eigenvalue weighted by Gasteiger charge is -2.21. The normalized spacial score (nSPS) is 15.6. The first-order valence-corrected chi connectivity index (χ1v) is 5.87. The maximum absolute atomic E-state index is 6.36. The van der Waals surface area contributed by atoms with Gasteiger partial charge in [0.15, 0.2) is 0 Å². The lowest BCUT2D eigenvalue weighted by molar-refractivity contribution is 0.662. The van der Waals surface area contributed by atoms with Gasteiger partial charge in [-0.25, -0.2) is 0 Å². The van der Waals surface area contributed by atoms with Crippen LogP contribution in [0.4, 0.5) is 0 Å². The molecule has 0 saturated heterocycles. The van der Waals surface area contributed by atoms with Crippen LogP contribution >= 0.6 is 34.2 Å². The molecule has 2 heteroatoms. The Bertz CT molecular complexity index is 231. The van der Waals surface area contributed by atoms with Crippen LogP contribution in [0.25, 0.3) is 0 Å². The fourth-order valence-corrected chi connectivity index (χ4v) is 2.73. The molecule has 0 heterocycles. The van der Waals surface area contributed by atoms with Gasteiger partial charge in [-0.1, -0.05) is 52.9 Å². The van der Waals surface area contributed by atoms with E-state index in [1.807, 2.05) is 18.2 Å². The first-order chi connectivity index (χ1) is 5.67. The minimum Gasteiger partial charge on any atom is -0.114 e. The van der Waals surface area contributed by atoms with Crippen molar-refractivity contribution < 1.29 is 0 Å². The van der Waals surface area contributed by atoms with Crippen LogP contribution < -0.4 is 0 Å². The van der Waals surface area contributed by atoms with Crippen molar-refractivity contribution in [3.05, 3.63) is 35.9 Å². The third kappa shape index (κ3) is 2.63. The summed E-state index contributed by atoms with van der Waals surface area (Å²) in [6.07, 6.45) is 1.01. The predicted molar refractivity (Wildman–Crippen MR) is 63.2 cm³/mol. The van der Waals surface area contributed by atoms with Crippen molar-refractivity contribution >= 4 is 34.2 Å². The van der Waals surface area contributed by atoms with Gasteiger partial charge in [0.1, 0.15) is 0 Å². The number of hydrogen-bond donors (Lipinski definition) is 0. The van der Waals surface area contributed by atoms with Gasteiger partial charge in [-0.3, -0.25) is 0 Å². The summed E-state index contributed by atoms with van der Waals surface area (Å²) in [6.45, 7) is 2.07. The molecule has 0 aliphatic carbocycles. The van der Waals surface area contributed by atoms with E-state index < -0.39 is 0 Å². The van der Waals surface area contributed by atoms with Gasteiger partial charge in [0.25, 0.3) is 0 Å². The van der Waals surface area contributed by atoms with Crippen molar-refractivity contribution in [1.82, 2.24) is 0 Å². The molecule has 1 atom stereocenters. The highest BCUT2D eigenvalue weighted by Crippen LogP contribution is 2.32. The van der Waals surface area contributed by atoms with Crippen LogP contribution in [0, 0.1) is 0 Å². The molecule has 0 saturated carbocycles. The lowest BCUT2D eigenvalue weighted by Crippen LogP contribution is -2.13. The molecule has 0 aromatic heterocycles. The Hall–Kier alpha value is 0.240. The van der Waals surface area contributed by atoms with E-state index in [0.29, 0.717) is 0 Å². The Morgan fingerprint density at radius 1 is 1.33 bits per heavy atom. The minimum atomic E-state index is -0.192. The molecule has 0 amide bonds. The Labute approximate surface area is 92.5 Å². The number of rotatable bonds is 3. The average Bonchev–Trinajstić information content (AvgIpc) is 2.06. The van der Waals surface area contributed by atoms with Crippen LogP contribution in [0.2, 0.25) is 0 Å². The SMILES string of the molecule is CC(Cl)(CCI)c1ccccc1. The van der Waals surface area contributed by atoms with Crippen LogP contribution in [0.5, 0.6) is 0 Å². The maximum Gasteiger partial charge on any atom is 0.0674 e. The van der Waals surface area contributed by atoms with Crippen molar-refractivity contribution in [2.75, 3.05) is 4.43 Å². The molecular formula is C10H12ClI. The van der Waals surface area contributed by atoms with Crippen molar-refractivity contribution in [1.29, 1.82) is 0 Å². The predicted octanol–water partition coefficient (Wildman–Crippen LogP) is 3.97. The number of hydrogen-bond acceptors (Lipinski definition) is 0. The third-order valence-electron chi connectivity index (χ3n) is 1.94. The van der Waals surface area contributed by atoms with E-state index in [-0.39, 0.29) is 4.87 Å². The first kappa shape index (κ1) is 10.3. The zero-order valence-electron chi connectivity index (χ0n) is 7.06. The second-order valence-corrected chi connectivity index (χ2v) is 4.92. The van der Waals surface area contributed by atoms with Gasteiger partial charge in [0, 0.05) is 4.43 Å². The zero-order chi connectivity index (χ0) is 9.03. The molecule has 0 spiro atoms. The van der Waals surface area contributed by atoms with E-state index in [2.05, 4.69) is 41.6 Å². The molecule has 1 aromatic rings. The fraction of sp³-hybridized carbons (Fsp3) is 0.400. The van der Waals surface area contributed by atoms with Crippen LogP contribution in [-0.4, -0.2) is 4.43 Å². The van der Waals surface area contributed by atoms with Crippen molar-refractivity contribution in [3.8, 4) is 0 Å². The van der Waals surface area contributed by atoms with Gasteiger partial charge in [0.05, 0.1) is 4.87 Å². The molecule has 1 unspecified atom stereocenters. The molecule has 0 fully saturated rings. The van der Waals surface area contributed by atoms with Crippen LogP contribution in [-0.2, 0) is 4.87 Å². The van der Waals surface area contributed by atoms with Gasteiger partial charge >= 0.3 is 0 Å². The topological polar surface area (TPSA) is 0 Å². The van der Waals surface area contributed by atoms with E-state index in [9.17, 15) is 0 Å². The summed E-state index contributed by atoms with van der Waals surface area (Å²) >= 11 is 8.71. The average molecular weight is 295 g/mol. The minimum absolute atomic E-state index is 0.192. The fourth-order valence-electron chi connectivity index (χ4n) is 1.11. The van der Waals surface area contributed by atoms with Gasteiger partial charge in [-0.15, -0.1) is 11.6 Å². The van der Waals surface area contributed by atoms with E-state index >= 15 is 0 Å². The molecule has 0 bridgehead atoms. The highest BCUT2D eigenvalue weighted by molar-refractivity contribution is 14.1. The maximum atomic E-state index is 6.36. The van der Waals surface area contributed by atoms with Crippen molar-refractivity contribution in [3.63, 3.8) is 0 Å².